The highest BCUT2D eigenvalue weighted by molar-refractivity contribution is 5.64. The number of hydrogen-bond donors (Lipinski definition) is 1. The van der Waals surface area contributed by atoms with Gasteiger partial charge in [-0.3, -0.25) is 0 Å². The van der Waals surface area contributed by atoms with E-state index in [9.17, 15) is 0 Å². The molecule has 0 saturated carbocycles. The number of nitrogens with one attached hydrogen (secondary N) is 1. The van der Waals surface area contributed by atoms with Gasteiger partial charge in [-0.15, -0.1) is 0 Å². The Labute approximate surface area is 114 Å². The van der Waals surface area contributed by atoms with Crippen molar-refractivity contribution in [3.8, 4) is 11.8 Å². The van der Waals surface area contributed by atoms with Crippen molar-refractivity contribution >= 4 is 11.6 Å². The lowest BCUT2D eigenvalue weighted by Gasteiger charge is -2.26. The highest BCUT2D eigenvalue weighted by Crippen LogP contribution is 2.32. The third-order valence-electron chi connectivity index (χ3n) is 2.91. The maximum absolute atomic E-state index is 8.78. The Kier molecular flexibility index (Phi) is 5.86. The van der Waals surface area contributed by atoms with E-state index in [-0.39, 0.29) is 6.04 Å². The highest BCUT2D eigenvalue weighted by Gasteiger charge is 2.19. The van der Waals surface area contributed by atoms with E-state index in [1.54, 1.807) is 7.11 Å². The lowest BCUT2D eigenvalue weighted by atomic mass is 10.2. The minimum atomic E-state index is 0.0628. The molecule has 19 heavy (non-hydrogen) atoms. The summed E-state index contributed by atoms with van der Waals surface area (Å²) in [5, 5.41) is 12.0. The van der Waals surface area contributed by atoms with E-state index in [1.807, 2.05) is 18.9 Å². The number of methoxy groups -OCH3 is 1. The van der Waals surface area contributed by atoms with E-state index in [0.717, 1.165) is 13.0 Å². The van der Waals surface area contributed by atoms with E-state index in [2.05, 4.69) is 28.3 Å². The molecule has 0 aromatic carbocycles. The molecule has 1 N–H and O–H groups in total. The second-order valence-corrected chi connectivity index (χ2v) is 4.33. The minimum absolute atomic E-state index is 0.0628. The molecule has 0 bridgehead atoms. The Balaban J connectivity index is 3.03. The van der Waals surface area contributed by atoms with Crippen LogP contribution >= 0.6 is 0 Å². The van der Waals surface area contributed by atoms with Crippen molar-refractivity contribution in [1.29, 1.82) is 5.26 Å². The molecule has 0 aliphatic heterocycles. The van der Waals surface area contributed by atoms with Gasteiger partial charge in [0.1, 0.15) is 6.33 Å². The molecule has 0 saturated heterocycles. The number of anilines is 2. The molecule has 1 atom stereocenters. The normalized spacial score (nSPS) is 11.5. The van der Waals surface area contributed by atoms with Crippen LogP contribution in [0.25, 0.3) is 0 Å². The number of rotatable bonds is 7. The van der Waals surface area contributed by atoms with Gasteiger partial charge in [0, 0.05) is 19.6 Å². The first-order valence-corrected chi connectivity index (χ1v) is 6.38. The fourth-order valence-corrected chi connectivity index (χ4v) is 1.65. The molecule has 0 spiro atoms. The second-order valence-electron chi connectivity index (χ2n) is 4.33. The van der Waals surface area contributed by atoms with E-state index in [4.69, 9.17) is 10.00 Å². The van der Waals surface area contributed by atoms with E-state index in [1.165, 1.54) is 6.33 Å². The molecule has 6 heteroatoms. The number of nitrogens with zero attached hydrogens (tertiary/aromatic N) is 4. The van der Waals surface area contributed by atoms with Gasteiger partial charge < -0.3 is 15.0 Å². The Bertz CT molecular complexity index is 443. The third-order valence-corrected chi connectivity index (χ3v) is 2.91. The van der Waals surface area contributed by atoms with Crippen molar-refractivity contribution in [3.63, 3.8) is 0 Å². The number of ether oxygens (including phenoxy) is 1. The maximum atomic E-state index is 8.78. The highest BCUT2D eigenvalue weighted by atomic mass is 16.5. The number of hydrogen-bond acceptors (Lipinski definition) is 6. The van der Waals surface area contributed by atoms with Crippen LogP contribution in [0.2, 0.25) is 0 Å². The zero-order valence-corrected chi connectivity index (χ0v) is 12.0. The van der Waals surface area contributed by atoms with Gasteiger partial charge in [-0.1, -0.05) is 6.92 Å². The molecule has 1 unspecified atom stereocenters. The monoisotopic (exact) mass is 263 g/mol. The minimum Gasteiger partial charge on any atom is -0.490 e. The Morgan fingerprint density at radius 2 is 2.26 bits per heavy atom. The lowest BCUT2D eigenvalue weighted by Crippen LogP contribution is -2.29. The fraction of sp³-hybridized carbons (Fsp3) is 0.615. The summed E-state index contributed by atoms with van der Waals surface area (Å²) in [6, 6.07) is 2.23. The van der Waals surface area contributed by atoms with Crippen LogP contribution in [0.4, 0.5) is 11.6 Å². The van der Waals surface area contributed by atoms with E-state index < -0.39 is 0 Å². The molecule has 0 aliphatic carbocycles. The zero-order valence-electron chi connectivity index (χ0n) is 12.0. The van der Waals surface area contributed by atoms with Crippen LogP contribution in [0.1, 0.15) is 26.7 Å². The summed E-state index contributed by atoms with van der Waals surface area (Å²) in [6.07, 6.45) is 2.94. The topological polar surface area (TPSA) is 74.1 Å². The molecule has 6 nitrogen and oxygen atoms in total. The SMILES string of the molecule is CCCNc1ncnc(N(C)C(C)CC#N)c1OC. The van der Waals surface area contributed by atoms with Crippen LogP contribution in [-0.4, -0.2) is 36.7 Å². The van der Waals surface area contributed by atoms with Crippen molar-refractivity contribution in [3.05, 3.63) is 6.33 Å². The summed E-state index contributed by atoms with van der Waals surface area (Å²) >= 11 is 0. The van der Waals surface area contributed by atoms with Gasteiger partial charge in [-0.05, 0) is 13.3 Å². The van der Waals surface area contributed by atoms with Gasteiger partial charge in [0.2, 0.25) is 5.75 Å². The molecule has 1 aromatic rings. The van der Waals surface area contributed by atoms with Crippen molar-refractivity contribution in [2.24, 2.45) is 0 Å². The largest absolute Gasteiger partial charge is 0.490 e. The second kappa shape index (κ2) is 7.41. The molecular weight excluding hydrogens is 242 g/mol. The average Bonchev–Trinajstić information content (AvgIpc) is 2.43. The van der Waals surface area contributed by atoms with Crippen LogP contribution in [0.3, 0.4) is 0 Å². The fourth-order valence-electron chi connectivity index (χ4n) is 1.65. The summed E-state index contributed by atoms with van der Waals surface area (Å²) in [5.74, 6) is 1.99. The molecule has 0 radical (unpaired) electrons. The molecule has 1 aromatic heterocycles. The summed E-state index contributed by atoms with van der Waals surface area (Å²) in [5.41, 5.74) is 0. The summed E-state index contributed by atoms with van der Waals surface area (Å²) < 4.78 is 5.41. The van der Waals surface area contributed by atoms with Crippen molar-refractivity contribution in [1.82, 2.24) is 9.97 Å². The predicted molar refractivity (Wildman–Crippen MR) is 75.5 cm³/mol. The lowest BCUT2D eigenvalue weighted by molar-refractivity contribution is 0.411. The van der Waals surface area contributed by atoms with Crippen LogP contribution in [0.5, 0.6) is 5.75 Å². The van der Waals surface area contributed by atoms with Gasteiger partial charge in [-0.25, -0.2) is 9.97 Å². The Morgan fingerprint density at radius 1 is 1.53 bits per heavy atom. The van der Waals surface area contributed by atoms with E-state index in [0.29, 0.717) is 23.8 Å². The predicted octanol–water partition coefficient (Wildman–Crippen LogP) is 2.05. The van der Waals surface area contributed by atoms with Crippen LogP contribution in [0, 0.1) is 11.3 Å². The van der Waals surface area contributed by atoms with Crippen LogP contribution < -0.4 is 15.0 Å². The molecule has 0 aliphatic rings. The number of aromatic nitrogens is 2. The summed E-state index contributed by atoms with van der Waals surface area (Å²) in [7, 11) is 3.50. The van der Waals surface area contributed by atoms with Crippen LogP contribution in [-0.2, 0) is 0 Å². The standard InChI is InChI=1S/C13H21N5O/c1-5-8-15-12-11(19-4)13(17-9-16-12)18(3)10(2)6-7-14/h9-10H,5-6,8H2,1-4H3,(H,15,16,17). The van der Waals surface area contributed by atoms with Crippen molar-refractivity contribution in [2.75, 3.05) is 30.9 Å². The maximum Gasteiger partial charge on any atom is 0.204 e. The molecule has 104 valence electrons. The summed E-state index contributed by atoms with van der Waals surface area (Å²) in [4.78, 5) is 10.4. The first-order valence-electron chi connectivity index (χ1n) is 6.38. The van der Waals surface area contributed by atoms with Crippen molar-refractivity contribution in [2.45, 2.75) is 32.7 Å². The zero-order chi connectivity index (χ0) is 14.3. The van der Waals surface area contributed by atoms with E-state index >= 15 is 0 Å². The van der Waals surface area contributed by atoms with Gasteiger partial charge in [0.15, 0.2) is 11.6 Å². The molecule has 1 rings (SSSR count). The van der Waals surface area contributed by atoms with Gasteiger partial charge in [0.05, 0.1) is 19.6 Å². The Morgan fingerprint density at radius 3 is 2.84 bits per heavy atom. The first kappa shape index (κ1) is 15.0. The van der Waals surface area contributed by atoms with Gasteiger partial charge in [0.25, 0.3) is 0 Å². The first-order chi connectivity index (χ1) is 9.15. The molecular formula is C13H21N5O. The van der Waals surface area contributed by atoms with Gasteiger partial charge in [-0.2, -0.15) is 5.26 Å². The molecule has 1 heterocycles. The summed E-state index contributed by atoms with van der Waals surface area (Å²) in [6.45, 7) is 4.89. The average molecular weight is 263 g/mol. The quantitative estimate of drug-likeness (QED) is 0.811. The Hall–Kier alpha value is -2.03. The molecule has 0 fully saturated rings. The van der Waals surface area contributed by atoms with Crippen LogP contribution in [0.15, 0.2) is 6.33 Å². The number of nitriles is 1. The smallest absolute Gasteiger partial charge is 0.204 e. The molecule has 0 amide bonds. The van der Waals surface area contributed by atoms with Gasteiger partial charge >= 0.3 is 0 Å². The van der Waals surface area contributed by atoms with Crippen molar-refractivity contribution < 1.29 is 4.74 Å². The third kappa shape index (κ3) is 3.71.